The third-order valence-electron chi connectivity index (χ3n) is 0.915. The van der Waals surface area contributed by atoms with Crippen molar-refractivity contribution in [1.29, 1.82) is 0 Å². The summed E-state index contributed by atoms with van der Waals surface area (Å²) in [5.41, 5.74) is 0. The molecule has 4 nitrogen and oxygen atoms in total. The van der Waals surface area contributed by atoms with Gasteiger partial charge < -0.3 is 4.89 Å². The summed E-state index contributed by atoms with van der Waals surface area (Å²) in [6.45, 7) is 7.40. The lowest BCUT2D eigenvalue weighted by Gasteiger charge is -2.15. The van der Waals surface area contributed by atoms with Gasteiger partial charge in [-0.05, 0) is 19.8 Å². The molecule has 12 heavy (non-hydrogen) atoms. The van der Waals surface area contributed by atoms with Gasteiger partial charge in [0.2, 0.25) is 0 Å². The molecule has 0 aromatic carbocycles. The quantitative estimate of drug-likeness (QED) is 0.684. The van der Waals surface area contributed by atoms with Gasteiger partial charge in [-0.2, -0.15) is 0 Å². The van der Waals surface area contributed by atoms with Gasteiger partial charge in [-0.3, -0.25) is 9.05 Å². The summed E-state index contributed by atoms with van der Waals surface area (Å²) >= 11 is 0. The molecule has 0 radical (unpaired) electrons. The zero-order valence-corrected chi connectivity index (χ0v) is 8.88. The van der Waals surface area contributed by atoms with Crippen molar-refractivity contribution >= 4 is 7.82 Å². The first-order valence-electron chi connectivity index (χ1n) is 3.99. The lowest BCUT2D eigenvalue weighted by Crippen LogP contribution is -2.06. The Kier molecular flexibility index (Phi) is 5.02. The number of phosphoric acid groups is 1. The number of rotatable bonds is 5. The zero-order valence-electron chi connectivity index (χ0n) is 7.98. The Hall–Kier alpha value is 0.110. The van der Waals surface area contributed by atoms with Crippen LogP contribution in [0.1, 0.15) is 27.7 Å². The van der Waals surface area contributed by atoms with Crippen molar-refractivity contribution in [2.75, 3.05) is 6.61 Å². The molecule has 5 heteroatoms. The summed E-state index contributed by atoms with van der Waals surface area (Å²) in [4.78, 5) is 9.04. The molecule has 0 bridgehead atoms. The van der Waals surface area contributed by atoms with Crippen LogP contribution in [0.4, 0.5) is 0 Å². The van der Waals surface area contributed by atoms with Crippen LogP contribution in [0.2, 0.25) is 0 Å². The molecule has 1 unspecified atom stereocenters. The van der Waals surface area contributed by atoms with Crippen LogP contribution in [0.3, 0.4) is 0 Å². The van der Waals surface area contributed by atoms with Crippen LogP contribution in [0.15, 0.2) is 0 Å². The van der Waals surface area contributed by atoms with Gasteiger partial charge in [-0.25, -0.2) is 4.57 Å². The Morgan fingerprint density at radius 3 is 2.17 bits per heavy atom. The fourth-order valence-electron chi connectivity index (χ4n) is 0.540. The van der Waals surface area contributed by atoms with Gasteiger partial charge in [-0.15, -0.1) is 0 Å². The molecule has 1 N–H and O–H groups in total. The number of phosphoric ester groups is 1. The average molecular weight is 196 g/mol. The van der Waals surface area contributed by atoms with E-state index in [4.69, 9.17) is 9.42 Å². The Labute approximate surface area is 73.5 Å². The summed E-state index contributed by atoms with van der Waals surface area (Å²) in [6, 6.07) is 0. The smallest absolute Gasteiger partial charge is 0.302 e. The van der Waals surface area contributed by atoms with Gasteiger partial charge >= 0.3 is 7.82 Å². The number of hydrogen-bond acceptors (Lipinski definition) is 3. The molecule has 0 heterocycles. The van der Waals surface area contributed by atoms with Crippen LogP contribution in [-0.4, -0.2) is 17.6 Å². The van der Waals surface area contributed by atoms with Crippen LogP contribution in [0.5, 0.6) is 0 Å². The van der Waals surface area contributed by atoms with Gasteiger partial charge in [0.15, 0.2) is 0 Å². The summed E-state index contributed by atoms with van der Waals surface area (Å²) < 4.78 is 20.4. The minimum atomic E-state index is -3.80. The van der Waals surface area contributed by atoms with Crippen LogP contribution < -0.4 is 0 Å². The fraction of sp³-hybridized carbons (Fsp3) is 1.00. The highest BCUT2D eigenvalue weighted by Gasteiger charge is 2.22. The molecular formula is C7H17O4P. The van der Waals surface area contributed by atoms with E-state index in [1.807, 2.05) is 13.8 Å². The largest absolute Gasteiger partial charge is 0.472 e. The highest BCUT2D eigenvalue weighted by molar-refractivity contribution is 7.47. The number of hydrogen-bond donors (Lipinski definition) is 1. The lowest BCUT2D eigenvalue weighted by molar-refractivity contribution is 0.112. The van der Waals surface area contributed by atoms with Gasteiger partial charge in [-0.1, -0.05) is 13.8 Å². The molecule has 1 atom stereocenters. The van der Waals surface area contributed by atoms with E-state index in [2.05, 4.69) is 4.52 Å². The first-order valence-corrected chi connectivity index (χ1v) is 5.49. The van der Waals surface area contributed by atoms with E-state index in [0.29, 0.717) is 0 Å². The molecule has 0 aromatic heterocycles. The molecule has 0 aliphatic rings. The second-order valence-electron chi connectivity index (χ2n) is 3.31. The topological polar surface area (TPSA) is 55.8 Å². The molecule has 0 spiro atoms. The monoisotopic (exact) mass is 196 g/mol. The second kappa shape index (κ2) is 4.97. The van der Waals surface area contributed by atoms with Gasteiger partial charge in [0.05, 0.1) is 12.7 Å². The van der Waals surface area contributed by atoms with E-state index in [0.717, 1.165) is 0 Å². The van der Waals surface area contributed by atoms with Crippen molar-refractivity contribution in [2.24, 2.45) is 5.92 Å². The Morgan fingerprint density at radius 2 is 1.83 bits per heavy atom. The average Bonchev–Trinajstić information content (AvgIpc) is 1.81. The summed E-state index contributed by atoms with van der Waals surface area (Å²) in [6.07, 6.45) is -0.298. The normalized spacial score (nSPS) is 16.9. The molecule has 0 fully saturated rings. The third-order valence-corrected chi connectivity index (χ3v) is 2.08. The maximum atomic E-state index is 11.0. The van der Waals surface area contributed by atoms with Crippen molar-refractivity contribution in [3.63, 3.8) is 0 Å². The minimum Gasteiger partial charge on any atom is -0.302 e. The van der Waals surface area contributed by atoms with Gasteiger partial charge in [0, 0.05) is 0 Å². The molecule has 0 aliphatic carbocycles. The molecule has 0 saturated carbocycles. The van der Waals surface area contributed by atoms with Crippen molar-refractivity contribution in [3.05, 3.63) is 0 Å². The van der Waals surface area contributed by atoms with E-state index >= 15 is 0 Å². The summed E-state index contributed by atoms with van der Waals surface area (Å²) in [7, 11) is -3.80. The van der Waals surface area contributed by atoms with E-state index < -0.39 is 7.82 Å². The highest BCUT2D eigenvalue weighted by atomic mass is 31.2. The predicted octanol–water partition coefficient (Wildman–Crippen LogP) is 2.18. The molecule has 0 aliphatic heterocycles. The van der Waals surface area contributed by atoms with E-state index in [9.17, 15) is 4.57 Å². The minimum absolute atomic E-state index is 0.223. The SMILES string of the molecule is CC(C)COP(=O)(O)OC(C)C. The van der Waals surface area contributed by atoms with Crippen LogP contribution in [-0.2, 0) is 13.6 Å². The molecule has 74 valence electrons. The Balaban J connectivity index is 3.80. The second-order valence-corrected chi connectivity index (χ2v) is 4.72. The van der Waals surface area contributed by atoms with E-state index in [1.165, 1.54) is 0 Å². The first-order chi connectivity index (χ1) is 5.33. The van der Waals surface area contributed by atoms with Crippen molar-refractivity contribution in [3.8, 4) is 0 Å². The Bertz CT molecular complexity index is 167. The first kappa shape index (κ1) is 12.1. The van der Waals surface area contributed by atoms with Crippen molar-refractivity contribution in [1.82, 2.24) is 0 Å². The van der Waals surface area contributed by atoms with E-state index in [-0.39, 0.29) is 18.6 Å². The van der Waals surface area contributed by atoms with E-state index in [1.54, 1.807) is 13.8 Å². The van der Waals surface area contributed by atoms with Gasteiger partial charge in [0.1, 0.15) is 0 Å². The van der Waals surface area contributed by atoms with Gasteiger partial charge in [0.25, 0.3) is 0 Å². The lowest BCUT2D eigenvalue weighted by atomic mass is 10.2. The summed E-state index contributed by atoms with van der Waals surface area (Å²) in [5.74, 6) is 0.223. The standard InChI is InChI=1S/C7H17O4P/c1-6(2)5-10-12(8,9)11-7(3)4/h6-7H,5H2,1-4H3,(H,8,9). The zero-order chi connectivity index (χ0) is 9.78. The maximum Gasteiger partial charge on any atom is 0.472 e. The van der Waals surface area contributed by atoms with Crippen LogP contribution in [0, 0.1) is 5.92 Å². The molecule has 0 saturated heterocycles. The molecule has 0 amide bonds. The molecular weight excluding hydrogens is 179 g/mol. The highest BCUT2D eigenvalue weighted by Crippen LogP contribution is 2.44. The van der Waals surface area contributed by atoms with Crippen molar-refractivity contribution < 1.29 is 18.5 Å². The predicted molar refractivity (Wildman–Crippen MR) is 46.8 cm³/mol. The third kappa shape index (κ3) is 6.80. The maximum absolute atomic E-state index is 11.0. The van der Waals surface area contributed by atoms with Crippen LogP contribution >= 0.6 is 7.82 Å². The molecule has 0 rings (SSSR count). The van der Waals surface area contributed by atoms with Crippen LogP contribution in [0.25, 0.3) is 0 Å². The Morgan fingerprint density at radius 1 is 1.33 bits per heavy atom. The fourth-order valence-corrected chi connectivity index (χ4v) is 1.62. The van der Waals surface area contributed by atoms with Crippen molar-refractivity contribution in [2.45, 2.75) is 33.8 Å². The summed E-state index contributed by atoms with van der Waals surface area (Å²) in [5, 5.41) is 0. The molecule has 0 aromatic rings.